The van der Waals surface area contributed by atoms with E-state index in [4.69, 9.17) is 0 Å². The van der Waals surface area contributed by atoms with E-state index in [1.165, 1.54) is 18.2 Å². The summed E-state index contributed by atoms with van der Waals surface area (Å²) in [5.74, 6) is -2.12. The first-order valence-electron chi connectivity index (χ1n) is 9.07. The zero-order valence-electron chi connectivity index (χ0n) is 16.3. The van der Waals surface area contributed by atoms with Crippen LogP contribution in [0.15, 0.2) is 65.5 Å². The number of pyridine rings is 1. The first-order chi connectivity index (χ1) is 14.9. The number of nitrogens with one attached hydrogen (secondary N) is 1. The maximum atomic E-state index is 13.2. The Morgan fingerprint density at radius 2 is 1.34 bits per heavy atom. The highest BCUT2D eigenvalue weighted by atomic mass is 19.4. The summed E-state index contributed by atoms with van der Waals surface area (Å²) in [6.07, 6.45) is -9.37. The van der Waals surface area contributed by atoms with Crippen LogP contribution in [0, 0.1) is 0 Å². The van der Waals surface area contributed by atoms with Gasteiger partial charge in [-0.15, -0.1) is 0 Å². The number of halogens is 6. The smallest absolute Gasteiger partial charge is 0.416 e. The molecule has 0 saturated carbocycles. The van der Waals surface area contributed by atoms with Gasteiger partial charge in [0.05, 0.1) is 18.2 Å². The third-order valence-corrected chi connectivity index (χ3v) is 4.74. The van der Waals surface area contributed by atoms with Crippen LogP contribution in [-0.4, -0.2) is 18.1 Å². The minimum absolute atomic E-state index is 0.000572. The lowest BCUT2D eigenvalue weighted by molar-refractivity contribution is -0.138. The highest BCUT2D eigenvalue weighted by Crippen LogP contribution is 2.37. The van der Waals surface area contributed by atoms with Gasteiger partial charge >= 0.3 is 18.3 Å². The third-order valence-electron chi connectivity index (χ3n) is 4.74. The zero-order valence-corrected chi connectivity index (χ0v) is 16.3. The summed E-state index contributed by atoms with van der Waals surface area (Å²) in [5.41, 5.74) is -3.25. The normalized spacial score (nSPS) is 12.1. The summed E-state index contributed by atoms with van der Waals surface area (Å²) in [5, 5.41) is 0. The van der Waals surface area contributed by atoms with Gasteiger partial charge in [0.25, 0.3) is 5.56 Å². The van der Waals surface area contributed by atoms with Crippen molar-refractivity contribution in [2.75, 3.05) is 7.11 Å². The number of ether oxygens (including phenoxy) is 1. The molecule has 0 radical (unpaired) electrons. The Balaban J connectivity index is 2.23. The Hall–Kier alpha value is -3.56. The van der Waals surface area contributed by atoms with Crippen molar-refractivity contribution < 1.29 is 35.9 Å². The monoisotopic (exact) mass is 455 g/mol. The van der Waals surface area contributed by atoms with Crippen LogP contribution in [0.1, 0.15) is 44.2 Å². The van der Waals surface area contributed by atoms with Crippen LogP contribution >= 0.6 is 0 Å². The molecule has 0 aliphatic rings. The lowest BCUT2D eigenvalue weighted by Crippen LogP contribution is -2.21. The van der Waals surface area contributed by atoms with Crippen molar-refractivity contribution in [3.05, 3.63) is 105 Å². The molecule has 0 aliphatic carbocycles. The molecule has 0 saturated heterocycles. The third kappa shape index (κ3) is 4.84. The topological polar surface area (TPSA) is 59.2 Å². The molecule has 32 heavy (non-hydrogen) atoms. The van der Waals surface area contributed by atoms with Gasteiger partial charge in [0, 0.05) is 11.6 Å². The average Bonchev–Trinajstić information content (AvgIpc) is 2.73. The second kappa shape index (κ2) is 8.52. The Bertz CT molecular complexity index is 1140. The van der Waals surface area contributed by atoms with E-state index < -0.39 is 40.9 Å². The van der Waals surface area contributed by atoms with E-state index in [1.54, 1.807) is 0 Å². The fraction of sp³-hybridized carbons (Fsp3) is 0.182. The second-order valence-corrected chi connectivity index (χ2v) is 6.83. The SMILES string of the molecule is COC(=O)c1ccc(C(c2cccc(C(F)(F)F)c2)c2cccc(C(F)(F)F)c2)[nH]c1=O. The van der Waals surface area contributed by atoms with Crippen molar-refractivity contribution in [1.82, 2.24) is 4.98 Å². The van der Waals surface area contributed by atoms with Crippen molar-refractivity contribution >= 4 is 5.97 Å². The first-order valence-corrected chi connectivity index (χ1v) is 9.07. The van der Waals surface area contributed by atoms with E-state index in [0.717, 1.165) is 49.6 Å². The van der Waals surface area contributed by atoms with E-state index in [2.05, 4.69) is 9.72 Å². The number of hydrogen-bond donors (Lipinski definition) is 1. The average molecular weight is 455 g/mol. The van der Waals surface area contributed by atoms with Crippen LogP contribution in [0.4, 0.5) is 26.3 Å². The van der Waals surface area contributed by atoms with Gasteiger partial charge in [-0.2, -0.15) is 26.3 Å². The van der Waals surface area contributed by atoms with Gasteiger partial charge in [-0.05, 0) is 35.4 Å². The lowest BCUT2D eigenvalue weighted by Gasteiger charge is -2.21. The molecule has 0 bridgehead atoms. The quantitative estimate of drug-likeness (QED) is 0.425. The molecule has 0 unspecified atom stereocenters. The summed E-state index contributed by atoms with van der Waals surface area (Å²) in [7, 11) is 1.06. The molecular formula is C22H15F6NO3. The van der Waals surface area contributed by atoms with E-state index in [0.29, 0.717) is 0 Å². The molecule has 10 heteroatoms. The van der Waals surface area contributed by atoms with Gasteiger partial charge < -0.3 is 9.72 Å². The van der Waals surface area contributed by atoms with Crippen LogP contribution in [0.3, 0.4) is 0 Å². The molecule has 1 heterocycles. The number of methoxy groups -OCH3 is 1. The molecule has 168 valence electrons. The Morgan fingerprint density at radius 3 is 1.75 bits per heavy atom. The van der Waals surface area contributed by atoms with Crippen molar-refractivity contribution in [3.8, 4) is 0 Å². The summed E-state index contributed by atoms with van der Waals surface area (Å²) >= 11 is 0. The lowest BCUT2D eigenvalue weighted by atomic mass is 9.86. The molecule has 4 nitrogen and oxygen atoms in total. The van der Waals surface area contributed by atoms with Gasteiger partial charge in [0.2, 0.25) is 0 Å². The standard InChI is InChI=1S/C22H15F6NO3/c1-32-20(31)16-8-9-17(29-19(16)30)18(12-4-2-6-14(10-12)21(23,24)25)13-5-3-7-15(11-13)22(26,27)28/h2-11,18H,1H3,(H,29,30). The van der Waals surface area contributed by atoms with Crippen molar-refractivity contribution in [1.29, 1.82) is 0 Å². The van der Waals surface area contributed by atoms with E-state index in [9.17, 15) is 35.9 Å². The number of rotatable bonds is 4. The Labute approximate surface area is 177 Å². The number of carbonyl (C=O) groups excluding carboxylic acids is 1. The summed E-state index contributed by atoms with van der Waals surface area (Å²) in [6, 6.07) is 10.5. The number of benzene rings is 2. The predicted molar refractivity (Wildman–Crippen MR) is 102 cm³/mol. The van der Waals surface area contributed by atoms with Crippen LogP contribution in [0.25, 0.3) is 0 Å². The molecule has 0 amide bonds. The highest BCUT2D eigenvalue weighted by molar-refractivity contribution is 5.88. The number of alkyl halides is 6. The fourth-order valence-electron chi connectivity index (χ4n) is 3.27. The molecule has 0 fully saturated rings. The van der Waals surface area contributed by atoms with E-state index in [-0.39, 0.29) is 22.4 Å². The number of H-pyrrole nitrogens is 1. The van der Waals surface area contributed by atoms with Gasteiger partial charge in [-0.25, -0.2) is 4.79 Å². The maximum Gasteiger partial charge on any atom is 0.416 e. The summed E-state index contributed by atoms with van der Waals surface area (Å²) in [6.45, 7) is 0. The summed E-state index contributed by atoms with van der Waals surface area (Å²) in [4.78, 5) is 26.4. The minimum Gasteiger partial charge on any atom is -0.465 e. The van der Waals surface area contributed by atoms with Gasteiger partial charge in [-0.1, -0.05) is 36.4 Å². The number of aromatic nitrogens is 1. The molecule has 3 aromatic rings. The number of aromatic amines is 1. The van der Waals surface area contributed by atoms with Crippen LogP contribution in [-0.2, 0) is 17.1 Å². The van der Waals surface area contributed by atoms with Gasteiger partial charge in [0.1, 0.15) is 5.56 Å². The van der Waals surface area contributed by atoms with E-state index >= 15 is 0 Å². The van der Waals surface area contributed by atoms with Crippen molar-refractivity contribution in [3.63, 3.8) is 0 Å². The molecule has 0 atom stereocenters. The Morgan fingerprint density at radius 1 is 0.844 bits per heavy atom. The zero-order chi connectivity index (χ0) is 23.7. The summed E-state index contributed by atoms with van der Waals surface area (Å²) < 4.78 is 83.9. The van der Waals surface area contributed by atoms with Gasteiger partial charge in [0.15, 0.2) is 0 Å². The van der Waals surface area contributed by atoms with Crippen LogP contribution < -0.4 is 5.56 Å². The predicted octanol–water partition coefficient (Wildman–Crippen LogP) is 5.38. The maximum absolute atomic E-state index is 13.2. The van der Waals surface area contributed by atoms with Gasteiger partial charge in [-0.3, -0.25) is 4.79 Å². The van der Waals surface area contributed by atoms with Crippen molar-refractivity contribution in [2.45, 2.75) is 18.3 Å². The largest absolute Gasteiger partial charge is 0.465 e. The fourth-order valence-corrected chi connectivity index (χ4v) is 3.27. The van der Waals surface area contributed by atoms with Crippen LogP contribution in [0.5, 0.6) is 0 Å². The molecule has 3 rings (SSSR count). The molecule has 1 aromatic heterocycles. The minimum atomic E-state index is -4.68. The van der Waals surface area contributed by atoms with E-state index in [1.807, 2.05) is 0 Å². The molecule has 2 aromatic carbocycles. The number of esters is 1. The Kier molecular flexibility index (Phi) is 6.16. The van der Waals surface area contributed by atoms with Crippen molar-refractivity contribution in [2.24, 2.45) is 0 Å². The highest BCUT2D eigenvalue weighted by Gasteiger charge is 2.33. The number of carbonyl (C=O) groups is 1. The molecule has 0 aliphatic heterocycles. The molecule has 0 spiro atoms. The molecular weight excluding hydrogens is 440 g/mol. The second-order valence-electron chi connectivity index (χ2n) is 6.83. The molecule has 1 N–H and O–H groups in total. The van der Waals surface area contributed by atoms with Crippen LogP contribution in [0.2, 0.25) is 0 Å². The first kappa shape index (κ1) is 23.1. The number of hydrogen-bond acceptors (Lipinski definition) is 3.